The molecular weight excluding hydrogens is 497 g/mol. The third kappa shape index (κ3) is 6.14. The number of hydrogen-bond donors (Lipinski definition) is 0. The average Bonchev–Trinajstić information content (AvgIpc) is 3.13. The molecule has 4 heteroatoms. The van der Waals surface area contributed by atoms with Crippen LogP contribution in [0.3, 0.4) is 0 Å². The third-order valence-corrected chi connectivity index (χ3v) is 22.2. The maximum Gasteiger partial charge on any atom is 0.191 e. The smallest absolute Gasteiger partial charge is 0.191 e. The molecule has 3 fully saturated rings. The Kier molecular flexibility index (Phi) is 9.49. The van der Waals surface area contributed by atoms with E-state index in [9.17, 15) is 0 Å². The van der Waals surface area contributed by atoms with Gasteiger partial charge in [0, 0.05) is 13.2 Å². The molecule has 0 N–H and O–H groups in total. The molecule has 2 nitrogen and oxygen atoms in total. The van der Waals surface area contributed by atoms with Gasteiger partial charge in [-0.1, -0.05) is 80.4 Å². The standard InChI is InChI=1S/C34H66O2Si2/c1-15-26-16-17-29-28(24-36-38(13,14)32(6,7)8)30(19-21-33(26,29)9)34(10)20-18-25(2)22-27(34)23-35-37(11,12)31(3,4)5/h15,25,27-30H,16-24H2,1-14H3/b26-15-/t25-,27+,28-,29?,30?,33+,34-/m0/s1. The Morgan fingerprint density at radius 1 is 0.816 bits per heavy atom. The van der Waals surface area contributed by atoms with Crippen molar-refractivity contribution in [3.63, 3.8) is 0 Å². The molecule has 0 aromatic rings. The summed E-state index contributed by atoms with van der Waals surface area (Å²) in [4.78, 5) is 0. The molecule has 0 radical (unpaired) electrons. The van der Waals surface area contributed by atoms with Crippen molar-refractivity contribution in [3.8, 4) is 0 Å². The fraction of sp³-hybridized carbons (Fsp3) is 0.941. The second-order valence-corrected chi connectivity index (χ2v) is 27.0. The highest BCUT2D eigenvalue weighted by Gasteiger charge is 2.57. The van der Waals surface area contributed by atoms with Crippen LogP contribution in [0.5, 0.6) is 0 Å². The Morgan fingerprint density at radius 3 is 1.89 bits per heavy atom. The molecular formula is C34H66O2Si2. The van der Waals surface area contributed by atoms with E-state index in [1.807, 2.05) is 0 Å². The number of hydrogen-bond acceptors (Lipinski definition) is 2. The second-order valence-electron chi connectivity index (χ2n) is 17.4. The zero-order valence-electron chi connectivity index (χ0n) is 28.1. The SMILES string of the molecule is C/C=C1/CCC2[C@H](CO[Si](C)(C)C(C)(C)C)C([C@@]3(C)CC[C@H](C)C[C@@H]3CO[Si](C)(C)C(C)(C)C)CC[C@]12C. The molecule has 3 rings (SSSR count). The maximum absolute atomic E-state index is 7.13. The van der Waals surface area contributed by atoms with Gasteiger partial charge in [-0.15, -0.1) is 0 Å². The highest BCUT2D eigenvalue weighted by Crippen LogP contribution is 2.64. The zero-order chi connectivity index (χ0) is 28.9. The molecule has 0 amide bonds. The summed E-state index contributed by atoms with van der Waals surface area (Å²) in [6.45, 7) is 36.1. The van der Waals surface area contributed by atoms with Gasteiger partial charge in [0.25, 0.3) is 0 Å². The number of fused-ring (bicyclic) bond motifs is 1. The van der Waals surface area contributed by atoms with Gasteiger partial charge in [-0.2, -0.15) is 0 Å². The van der Waals surface area contributed by atoms with E-state index in [0.29, 0.717) is 22.7 Å². The molecule has 0 saturated heterocycles. The average molecular weight is 563 g/mol. The van der Waals surface area contributed by atoms with E-state index in [-0.39, 0.29) is 10.1 Å². The fourth-order valence-corrected chi connectivity index (χ4v) is 10.2. The largest absolute Gasteiger partial charge is 0.417 e. The Hall–Kier alpha value is 0.0938. The summed E-state index contributed by atoms with van der Waals surface area (Å²) in [5, 5.41) is 0.525. The molecule has 3 aliphatic rings. The monoisotopic (exact) mass is 562 g/mol. The van der Waals surface area contributed by atoms with E-state index in [1.165, 1.54) is 44.9 Å². The first-order valence-corrected chi connectivity index (χ1v) is 21.9. The summed E-state index contributed by atoms with van der Waals surface area (Å²) in [5.41, 5.74) is 2.45. The lowest BCUT2D eigenvalue weighted by Crippen LogP contribution is -2.54. The Morgan fingerprint density at radius 2 is 1.37 bits per heavy atom. The second kappa shape index (κ2) is 11.1. The summed E-state index contributed by atoms with van der Waals surface area (Å²) in [6.07, 6.45) is 11.9. The van der Waals surface area contributed by atoms with Gasteiger partial charge >= 0.3 is 0 Å². The van der Waals surface area contributed by atoms with Crippen molar-refractivity contribution in [2.75, 3.05) is 13.2 Å². The predicted octanol–water partition coefficient (Wildman–Crippen LogP) is 10.9. The minimum atomic E-state index is -1.81. The Labute approximate surface area is 240 Å². The van der Waals surface area contributed by atoms with Gasteiger partial charge in [-0.25, -0.2) is 0 Å². The third-order valence-electron chi connectivity index (χ3n) is 13.2. The van der Waals surface area contributed by atoms with Crippen LogP contribution in [0, 0.1) is 40.4 Å². The van der Waals surface area contributed by atoms with E-state index in [0.717, 1.165) is 31.0 Å². The molecule has 222 valence electrons. The Bertz CT molecular complexity index is 848. The van der Waals surface area contributed by atoms with Crippen LogP contribution in [-0.4, -0.2) is 29.8 Å². The first kappa shape index (κ1) is 32.6. The van der Waals surface area contributed by atoms with Crippen LogP contribution in [0.1, 0.15) is 114 Å². The van der Waals surface area contributed by atoms with Crippen molar-refractivity contribution in [2.24, 2.45) is 40.4 Å². The highest BCUT2D eigenvalue weighted by molar-refractivity contribution is 6.74. The first-order chi connectivity index (χ1) is 17.2. The highest BCUT2D eigenvalue weighted by atomic mass is 28.4. The predicted molar refractivity (Wildman–Crippen MR) is 172 cm³/mol. The lowest BCUT2D eigenvalue weighted by molar-refractivity contribution is -0.0899. The molecule has 3 aliphatic carbocycles. The summed E-state index contributed by atoms with van der Waals surface area (Å²) < 4.78 is 14.1. The van der Waals surface area contributed by atoms with Crippen LogP contribution in [0.4, 0.5) is 0 Å². The van der Waals surface area contributed by atoms with Gasteiger partial charge in [0.15, 0.2) is 16.6 Å². The summed E-state index contributed by atoms with van der Waals surface area (Å²) in [5.74, 6) is 3.63. The van der Waals surface area contributed by atoms with Crippen LogP contribution in [0.15, 0.2) is 11.6 Å². The molecule has 7 atom stereocenters. The maximum atomic E-state index is 7.13. The minimum absolute atomic E-state index is 0.258. The molecule has 0 aromatic heterocycles. The molecule has 38 heavy (non-hydrogen) atoms. The van der Waals surface area contributed by atoms with Crippen molar-refractivity contribution in [2.45, 2.75) is 150 Å². The molecule has 0 aromatic carbocycles. The summed E-state index contributed by atoms with van der Waals surface area (Å²) >= 11 is 0. The number of allylic oxidation sites excluding steroid dienone is 2. The van der Waals surface area contributed by atoms with Gasteiger partial charge < -0.3 is 8.85 Å². The molecule has 2 unspecified atom stereocenters. The van der Waals surface area contributed by atoms with Gasteiger partial charge in [0.2, 0.25) is 0 Å². The molecule has 0 heterocycles. The van der Waals surface area contributed by atoms with E-state index in [4.69, 9.17) is 8.85 Å². The number of rotatable bonds is 7. The van der Waals surface area contributed by atoms with Crippen molar-refractivity contribution in [3.05, 3.63) is 11.6 Å². The zero-order valence-corrected chi connectivity index (χ0v) is 30.1. The molecule has 0 aliphatic heterocycles. The summed E-state index contributed by atoms with van der Waals surface area (Å²) in [6, 6.07) is 0. The van der Waals surface area contributed by atoms with E-state index >= 15 is 0 Å². The van der Waals surface area contributed by atoms with Gasteiger partial charge in [0.05, 0.1) is 0 Å². The van der Waals surface area contributed by atoms with E-state index in [2.05, 4.69) is 102 Å². The molecule has 0 bridgehead atoms. The molecule has 0 spiro atoms. The van der Waals surface area contributed by atoms with Crippen molar-refractivity contribution in [1.82, 2.24) is 0 Å². The van der Waals surface area contributed by atoms with Crippen molar-refractivity contribution < 1.29 is 8.85 Å². The normalized spacial score (nSPS) is 38.5. The van der Waals surface area contributed by atoms with Crippen LogP contribution in [0.2, 0.25) is 36.3 Å². The van der Waals surface area contributed by atoms with E-state index < -0.39 is 16.6 Å². The lowest BCUT2D eigenvalue weighted by Gasteiger charge is -2.57. The van der Waals surface area contributed by atoms with Crippen LogP contribution < -0.4 is 0 Å². The van der Waals surface area contributed by atoms with Gasteiger partial charge in [-0.3, -0.25) is 0 Å². The van der Waals surface area contributed by atoms with Crippen molar-refractivity contribution >= 4 is 16.6 Å². The Balaban J connectivity index is 1.96. The van der Waals surface area contributed by atoms with Gasteiger partial charge in [0.1, 0.15) is 0 Å². The van der Waals surface area contributed by atoms with Gasteiger partial charge in [-0.05, 0) is 122 Å². The first-order valence-electron chi connectivity index (χ1n) is 16.1. The van der Waals surface area contributed by atoms with Crippen molar-refractivity contribution in [1.29, 1.82) is 0 Å². The molecule has 3 saturated carbocycles. The van der Waals surface area contributed by atoms with E-state index in [1.54, 1.807) is 5.57 Å². The summed E-state index contributed by atoms with van der Waals surface area (Å²) in [7, 11) is -3.58. The topological polar surface area (TPSA) is 18.5 Å². The lowest BCUT2D eigenvalue weighted by atomic mass is 9.49. The van der Waals surface area contributed by atoms with Crippen LogP contribution in [0.25, 0.3) is 0 Å². The minimum Gasteiger partial charge on any atom is -0.417 e. The fourth-order valence-electron chi connectivity index (χ4n) is 8.09. The quantitative estimate of drug-likeness (QED) is 0.227. The van der Waals surface area contributed by atoms with Crippen LogP contribution >= 0.6 is 0 Å². The van der Waals surface area contributed by atoms with Crippen LogP contribution in [-0.2, 0) is 8.85 Å².